The number of benzene rings is 1. The lowest BCUT2D eigenvalue weighted by Crippen LogP contribution is -2.46. The molecule has 3 aliphatic rings. The first-order valence-electron chi connectivity index (χ1n) is 13.2. The third kappa shape index (κ3) is 3.99. The van der Waals surface area contributed by atoms with Crippen LogP contribution in [0.1, 0.15) is 48.2 Å². The van der Waals surface area contributed by atoms with Crippen LogP contribution in [0.2, 0.25) is 5.02 Å². The Hall–Kier alpha value is -2.74. The monoisotopic (exact) mass is 531 g/mol. The van der Waals surface area contributed by atoms with Crippen LogP contribution >= 0.6 is 22.9 Å². The predicted molar refractivity (Wildman–Crippen MR) is 151 cm³/mol. The molecule has 2 aliphatic heterocycles. The number of aryl methyl sites for hydroxylation is 2. The van der Waals surface area contributed by atoms with Gasteiger partial charge in [0.15, 0.2) is 0 Å². The van der Waals surface area contributed by atoms with Gasteiger partial charge in [-0.05, 0) is 68.4 Å². The number of rotatable bonds is 4. The van der Waals surface area contributed by atoms with Gasteiger partial charge >= 0.3 is 0 Å². The van der Waals surface area contributed by atoms with E-state index in [2.05, 4.69) is 44.5 Å². The van der Waals surface area contributed by atoms with Crippen LogP contribution in [-0.4, -0.2) is 39.2 Å². The number of aromatic nitrogens is 3. The minimum atomic E-state index is -0.0536. The van der Waals surface area contributed by atoms with E-state index < -0.39 is 0 Å². The molecule has 1 spiro atoms. The zero-order valence-corrected chi connectivity index (χ0v) is 22.5. The average molecular weight is 532 g/mol. The Kier molecular flexibility index (Phi) is 5.64. The number of halogens is 1. The summed E-state index contributed by atoms with van der Waals surface area (Å²) in [6.07, 6.45) is 13.2. The fraction of sp³-hybridized carbons (Fsp3) is 0.414. The number of anilines is 1. The Morgan fingerprint density at radius 1 is 1.16 bits per heavy atom. The molecule has 0 radical (unpaired) electrons. The number of hydrogen-bond acceptors (Lipinski definition) is 6. The van der Waals surface area contributed by atoms with E-state index in [0.29, 0.717) is 23.7 Å². The summed E-state index contributed by atoms with van der Waals surface area (Å²) < 4.78 is 2.72. The van der Waals surface area contributed by atoms with Crippen molar-refractivity contribution in [3.05, 3.63) is 74.4 Å². The smallest absolute Gasteiger partial charge is 0.272 e. The van der Waals surface area contributed by atoms with Gasteiger partial charge in [0.1, 0.15) is 5.69 Å². The molecule has 5 heterocycles. The molecule has 37 heavy (non-hydrogen) atoms. The molecular weight excluding hydrogens is 502 g/mol. The van der Waals surface area contributed by atoms with Crippen molar-refractivity contribution in [1.29, 1.82) is 0 Å². The number of pyridine rings is 1. The first-order chi connectivity index (χ1) is 18.0. The lowest BCUT2D eigenvalue weighted by Gasteiger charge is -2.41. The second kappa shape index (κ2) is 8.93. The molecule has 1 aromatic carbocycles. The molecule has 2 fully saturated rings. The third-order valence-electron chi connectivity index (χ3n) is 8.56. The fourth-order valence-electron chi connectivity index (χ4n) is 6.56. The Balaban J connectivity index is 1.32. The molecule has 6 nitrogen and oxygen atoms in total. The molecule has 0 amide bonds. The number of fused-ring (bicyclic) bond motifs is 2. The highest BCUT2D eigenvalue weighted by Crippen LogP contribution is 2.47. The first kappa shape index (κ1) is 23.4. The van der Waals surface area contributed by atoms with E-state index >= 15 is 0 Å². The van der Waals surface area contributed by atoms with Gasteiger partial charge in [0.2, 0.25) is 0 Å². The van der Waals surface area contributed by atoms with Gasteiger partial charge in [0, 0.05) is 83.4 Å². The lowest BCUT2D eigenvalue weighted by molar-refractivity contribution is 0.214. The van der Waals surface area contributed by atoms with Crippen LogP contribution in [0.25, 0.3) is 21.3 Å². The molecule has 8 heteroatoms. The molecule has 4 aromatic rings. The summed E-state index contributed by atoms with van der Waals surface area (Å²) in [5.74, 6) is 0. The van der Waals surface area contributed by atoms with Crippen molar-refractivity contribution >= 4 is 38.8 Å². The average Bonchev–Trinajstić information content (AvgIpc) is 3.50. The quantitative estimate of drug-likeness (QED) is 0.385. The van der Waals surface area contributed by atoms with Crippen molar-refractivity contribution in [2.24, 2.45) is 7.05 Å². The summed E-state index contributed by atoms with van der Waals surface area (Å²) in [5, 5.41) is 4.66. The standard InChI is InChI=1S/C29H30ClN5OS/c1-34-11-9-32-25(28(34)36)15-21-14-24-27(37-21)22(5-8-31-24)23-13-19(30)12-18-4-2-10-35(26(18)23)20-16-29(33-17-20)6-3-7-29/h5,8-9,11-14,20,33H,2-4,6-7,10,15-17H2,1H3. The molecule has 1 saturated heterocycles. The highest BCUT2D eigenvalue weighted by atomic mass is 35.5. The van der Waals surface area contributed by atoms with Crippen LogP contribution in [0, 0.1) is 0 Å². The van der Waals surface area contributed by atoms with Gasteiger partial charge in [-0.1, -0.05) is 11.6 Å². The van der Waals surface area contributed by atoms with Gasteiger partial charge in [0.25, 0.3) is 5.56 Å². The van der Waals surface area contributed by atoms with Crippen molar-refractivity contribution in [3.63, 3.8) is 0 Å². The SMILES string of the molecule is Cn1ccnc(Cc2cc3nccc(-c4cc(Cl)cc5c4N(C4CNC6(CCC6)C4)CCC5)c3s2)c1=O. The molecule has 3 aromatic heterocycles. The second-order valence-corrected chi connectivity index (χ2v) is 12.5. The maximum absolute atomic E-state index is 12.6. The van der Waals surface area contributed by atoms with Crippen molar-refractivity contribution in [2.75, 3.05) is 18.0 Å². The summed E-state index contributed by atoms with van der Waals surface area (Å²) in [5.41, 5.74) is 6.89. The predicted octanol–water partition coefficient (Wildman–Crippen LogP) is 5.34. The highest BCUT2D eigenvalue weighted by Gasteiger charge is 2.45. The maximum atomic E-state index is 12.6. The number of nitrogens with zero attached hydrogens (tertiary/aromatic N) is 4. The Labute approximate surface area is 225 Å². The van der Waals surface area contributed by atoms with E-state index in [1.807, 2.05) is 6.20 Å². The molecule has 7 rings (SSSR count). The van der Waals surface area contributed by atoms with Crippen LogP contribution in [0.5, 0.6) is 0 Å². The number of hydrogen-bond donors (Lipinski definition) is 1. The zero-order valence-electron chi connectivity index (χ0n) is 21.0. The van der Waals surface area contributed by atoms with Gasteiger partial charge in [-0.15, -0.1) is 11.3 Å². The van der Waals surface area contributed by atoms with Crippen LogP contribution in [0.4, 0.5) is 5.69 Å². The molecule has 1 saturated carbocycles. The summed E-state index contributed by atoms with van der Waals surface area (Å²) in [6.45, 7) is 2.13. The topological polar surface area (TPSA) is 63.1 Å². The van der Waals surface area contributed by atoms with Crippen molar-refractivity contribution in [2.45, 2.75) is 56.5 Å². The molecule has 0 bridgehead atoms. The highest BCUT2D eigenvalue weighted by molar-refractivity contribution is 7.19. The van der Waals surface area contributed by atoms with Crippen LogP contribution < -0.4 is 15.8 Å². The van der Waals surface area contributed by atoms with Crippen LogP contribution in [-0.2, 0) is 19.9 Å². The van der Waals surface area contributed by atoms with Gasteiger partial charge in [-0.25, -0.2) is 0 Å². The fourth-order valence-corrected chi connectivity index (χ4v) is 7.95. The minimum absolute atomic E-state index is 0.0536. The molecule has 190 valence electrons. The number of thiophene rings is 1. The Morgan fingerprint density at radius 3 is 2.86 bits per heavy atom. The summed E-state index contributed by atoms with van der Waals surface area (Å²) in [7, 11) is 1.76. The summed E-state index contributed by atoms with van der Waals surface area (Å²) in [6, 6.07) is 9.05. The Bertz CT molecular complexity index is 1570. The second-order valence-electron chi connectivity index (χ2n) is 10.9. The number of nitrogens with one attached hydrogen (secondary N) is 1. The summed E-state index contributed by atoms with van der Waals surface area (Å²) in [4.78, 5) is 25.4. The first-order valence-corrected chi connectivity index (χ1v) is 14.4. The molecule has 1 atom stereocenters. The molecular formula is C29H30ClN5OS. The third-order valence-corrected chi connectivity index (χ3v) is 9.93. The van der Waals surface area contributed by atoms with Crippen molar-refractivity contribution < 1.29 is 0 Å². The van der Waals surface area contributed by atoms with Crippen molar-refractivity contribution in [1.82, 2.24) is 19.9 Å². The van der Waals surface area contributed by atoms with E-state index in [-0.39, 0.29) is 5.56 Å². The molecule has 1 aliphatic carbocycles. The van der Waals surface area contributed by atoms with Crippen LogP contribution in [0.3, 0.4) is 0 Å². The van der Waals surface area contributed by atoms with E-state index in [1.165, 1.54) is 48.1 Å². The molecule has 1 unspecified atom stereocenters. The van der Waals surface area contributed by atoms with Crippen molar-refractivity contribution in [3.8, 4) is 11.1 Å². The van der Waals surface area contributed by atoms with E-state index in [4.69, 9.17) is 11.6 Å². The van der Waals surface area contributed by atoms with Crippen LogP contribution in [0.15, 0.2) is 47.7 Å². The zero-order chi connectivity index (χ0) is 25.1. The summed E-state index contributed by atoms with van der Waals surface area (Å²) >= 11 is 8.43. The van der Waals surface area contributed by atoms with E-state index in [9.17, 15) is 4.79 Å². The normalized spacial score (nSPS) is 20.4. The largest absolute Gasteiger partial charge is 0.366 e. The Morgan fingerprint density at radius 2 is 2.05 bits per heavy atom. The maximum Gasteiger partial charge on any atom is 0.272 e. The lowest BCUT2D eigenvalue weighted by atomic mass is 9.75. The van der Waals surface area contributed by atoms with Gasteiger partial charge in [-0.3, -0.25) is 14.8 Å². The molecule has 1 N–H and O–H groups in total. The van der Waals surface area contributed by atoms with Gasteiger partial charge in [0.05, 0.1) is 10.2 Å². The van der Waals surface area contributed by atoms with E-state index in [0.717, 1.165) is 46.0 Å². The van der Waals surface area contributed by atoms with Gasteiger partial charge < -0.3 is 14.8 Å². The van der Waals surface area contributed by atoms with E-state index in [1.54, 1.807) is 35.3 Å². The van der Waals surface area contributed by atoms with Gasteiger partial charge in [-0.2, -0.15) is 0 Å². The minimum Gasteiger partial charge on any atom is -0.366 e.